The Morgan fingerprint density at radius 3 is 2.17 bits per heavy atom. The summed E-state index contributed by atoms with van der Waals surface area (Å²) in [5.41, 5.74) is 0. The minimum absolute atomic E-state index is 0. The summed E-state index contributed by atoms with van der Waals surface area (Å²) in [6, 6.07) is 0. The summed E-state index contributed by atoms with van der Waals surface area (Å²) in [6.07, 6.45) is 0. The average Bonchev–Trinajstić information content (AvgIpc) is 1.85. The SMILES string of the molecule is CN(CC(=O)[O-])N([O-])N=O.[Na+].[Na+]. The zero-order chi connectivity index (χ0) is 8.15. The van der Waals surface area contributed by atoms with Crippen molar-refractivity contribution in [2.24, 2.45) is 5.29 Å². The molecule has 0 amide bonds. The molecule has 0 aliphatic carbocycles. The molecule has 0 aromatic rings. The molecule has 9 heteroatoms. The van der Waals surface area contributed by atoms with E-state index in [1.54, 1.807) is 0 Å². The van der Waals surface area contributed by atoms with Crippen molar-refractivity contribution in [3.05, 3.63) is 10.1 Å². The monoisotopic (exact) mass is 193 g/mol. The van der Waals surface area contributed by atoms with E-state index in [9.17, 15) is 20.0 Å². The van der Waals surface area contributed by atoms with Crippen LogP contribution in [0.5, 0.6) is 0 Å². The quantitative estimate of drug-likeness (QED) is 0.250. The Bertz CT molecular complexity index is 146. The molecular weight excluding hydrogens is 188 g/mol. The fraction of sp³-hybridized carbons (Fsp3) is 0.667. The summed E-state index contributed by atoms with van der Waals surface area (Å²) in [6.45, 7) is -0.658. The molecule has 0 fully saturated rings. The van der Waals surface area contributed by atoms with Gasteiger partial charge in [-0.15, -0.1) is 4.91 Å². The van der Waals surface area contributed by atoms with Crippen molar-refractivity contribution in [3.8, 4) is 0 Å². The van der Waals surface area contributed by atoms with E-state index in [-0.39, 0.29) is 64.4 Å². The largest absolute Gasteiger partial charge is 1.00 e. The Balaban J connectivity index is -0.000000405. The molecule has 0 radical (unpaired) electrons. The van der Waals surface area contributed by atoms with Crippen molar-refractivity contribution in [3.63, 3.8) is 0 Å². The molecule has 0 saturated carbocycles. The minimum Gasteiger partial charge on any atom is -0.724 e. The van der Waals surface area contributed by atoms with Crippen LogP contribution in [0.3, 0.4) is 0 Å². The van der Waals surface area contributed by atoms with Gasteiger partial charge in [0.15, 0.2) is 0 Å². The number of hydrazine groups is 1. The number of carboxylic acid groups (broad SMARTS) is 1. The van der Waals surface area contributed by atoms with Crippen molar-refractivity contribution in [1.29, 1.82) is 0 Å². The number of hydrogen-bond donors (Lipinski definition) is 0. The fourth-order valence-corrected chi connectivity index (χ4v) is 0.310. The molecule has 0 aromatic carbocycles. The molecule has 0 atom stereocenters. The van der Waals surface area contributed by atoms with Gasteiger partial charge in [0.25, 0.3) is 0 Å². The first kappa shape index (κ1) is 18.5. The average molecular weight is 193 g/mol. The molecule has 0 unspecified atom stereocenters. The summed E-state index contributed by atoms with van der Waals surface area (Å²) < 4.78 is 0. The second kappa shape index (κ2) is 9.87. The summed E-state index contributed by atoms with van der Waals surface area (Å²) in [5, 5.41) is 22.0. The van der Waals surface area contributed by atoms with Crippen LogP contribution in [0.15, 0.2) is 5.29 Å². The zero-order valence-corrected chi connectivity index (χ0v) is 11.2. The molecular formula is C3H5N3Na2O4. The van der Waals surface area contributed by atoms with Crippen molar-refractivity contribution in [2.45, 2.75) is 0 Å². The smallest absolute Gasteiger partial charge is 0.724 e. The van der Waals surface area contributed by atoms with Gasteiger partial charge in [-0.2, -0.15) is 0 Å². The molecule has 0 heterocycles. The third kappa shape index (κ3) is 8.88. The molecule has 0 aromatic heterocycles. The van der Waals surface area contributed by atoms with Crippen LogP contribution in [0.4, 0.5) is 0 Å². The third-order valence-electron chi connectivity index (χ3n) is 0.720. The number of carbonyl (C=O) groups is 1. The number of likely N-dealkylation sites (N-methyl/N-ethyl adjacent to an activating group) is 1. The van der Waals surface area contributed by atoms with Crippen molar-refractivity contribution >= 4 is 5.97 Å². The van der Waals surface area contributed by atoms with E-state index in [4.69, 9.17) is 0 Å². The zero-order valence-electron chi connectivity index (χ0n) is 7.18. The predicted molar refractivity (Wildman–Crippen MR) is 28.6 cm³/mol. The van der Waals surface area contributed by atoms with Gasteiger partial charge in [0, 0.05) is 7.05 Å². The molecule has 0 saturated heterocycles. The van der Waals surface area contributed by atoms with Crippen LogP contribution in [0.25, 0.3) is 0 Å². The molecule has 12 heavy (non-hydrogen) atoms. The van der Waals surface area contributed by atoms with Gasteiger partial charge in [0.05, 0.1) is 17.8 Å². The Morgan fingerprint density at radius 1 is 1.50 bits per heavy atom. The summed E-state index contributed by atoms with van der Waals surface area (Å²) in [5.74, 6) is -1.45. The van der Waals surface area contributed by atoms with Crippen LogP contribution in [-0.2, 0) is 4.79 Å². The van der Waals surface area contributed by atoms with Crippen molar-refractivity contribution in [2.75, 3.05) is 13.6 Å². The number of nitrogens with zero attached hydrogens (tertiary/aromatic N) is 3. The number of aliphatic carboxylic acids is 1. The first-order valence-corrected chi connectivity index (χ1v) is 2.29. The fourth-order valence-electron chi connectivity index (χ4n) is 0.310. The topological polar surface area (TPSA) is 99.1 Å². The first-order chi connectivity index (χ1) is 4.57. The minimum atomic E-state index is -1.45. The summed E-state index contributed by atoms with van der Waals surface area (Å²) in [7, 11) is 1.10. The maximum Gasteiger partial charge on any atom is 1.00 e. The molecule has 58 valence electrons. The Labute approximate surface area is 113 Å². The van der Waals surface area contributed by atoms with E-state index < -0.39 is 12.5 Å². The second-order valence-electron chi connectivity index (χ2n) is 1.52. The summed E-state index contributed by atoms with van der Waals surface area (Å²) in [4.78, 5) is 19.2. The third-order valence-corrected chi connectivity index (χ3v) is 0.720. The van der Waals surface area contributed by atoms with Crippen LogP contribution in [0.1, 0.15) is 0 Å². The van der Waals surface area contributed by atoms with E-state index in [1.165, 1.54) is 0 Å². The van der Waals surface area contributed by atoms with Crippen LogP contribution in [0.2, 0.25) is 0 Å². The van der Waals surface area contributed by atoms with Gasteiger partial charge in [-0.3, -0.25) is 5.28 Å². The maximum atomic E-state index is 10.1. The van der Waals surface area contributed by atoms with E-state index in [1.807, 2.05) is 5.29 Å². The van der Waals surface area contributed by atoms with Gasteiger partial charge >= 0.3 is 59.1 Å². The van der Waals surface area contributed by atoms with Crippen LogP contribution >= 0.6 is 0 Å². The molecule has 0 spiro atoms. The second-order valence-corrected chi connectivity index (χ2v) is 1.52. The van der Waals surface area contributed by atoms with E-state index in [0.717, 1.165) is 7.05 Å². The number of carbonyl (C=O) groups excluding carboxylic acids is 1. The van der Waals surface area contributed by atoms with Gasteiger partial charge in [0.2, 0.25) is 0 Å². The molecule has 0 N–H and O–H groups in total. The van der Waals surface area contributed by atoms with Crippen molar-refractivity contribution < 1.29 is 69.0 Å². The van der Waals surface area contributed by atoms with Crippen LogP contribution in [0, 0.1) is 10.1 Å². The van der Waals surface area contributed by atoms with E-state index >= 15 is 0 Å². The van der Waals surface area contributed by atoms with E-state index in [2.05, 4.69) is 0 Å². The number of rotatable bonds is 4. The molecule has 0 aliphatic rings. The Hall–Kier alpha value is 0.790. The van der Waals surface area contributed by atoms with E-state index in [0.29, 0.717) is 5.01 Å². The summed E-state index contributed by atoms with van der Waals surface area (Å²) >= 11 is 0. The number of nitroso groups, excluding NO2 is 1. The van der Waals surface area contributed by atoms with Gasteiger partial charge in [-0.25, -0.2) is 5.01 Å². The van der Waals surface area contributed by atoms with Crippen LogP contribution < -0.4 is 64.2 Å². The standard InChI is InChI=1S/C3H6N3O4.2Na/c1-5(2-3(7)8)6(10)4-9;;/h2H2,1H3,(H,7,8);;/q-1;2*+1/p-1. The molecule has 7 nitrogen and oxygen atoms in total. The Kier molecular flexibility index (Phi) is 15.3. The van der Waals surface area contributed by atoms with Crippen molar-refractivity contribution in [1.82, 2.24) is 10.3 Å². The van der Waals surface area contributed by atoms with Gasteiger partial charge in [-0.05, 0) is 0 Å². The maximum absolute atomic E-state index is 10.1. The molecule has 0 bridgehead atoms. The van der Waals surface area contributed by atoms with Crippen LogP contribution in [-0.4, -0.2) is 29.9 Å². The van der Waals surface area contributed by atoms with Gasteiger partial charge < -0.3 is 15.1 Å². The Morgan fingerprint density at radius 2 is 1.92 bits per heavy atom. The van der Waals surface area contributed by atoms with Gasteiger partial charge in [0.1, 0.15) is 0 Å². The van der Waals surface area contributed by atoms with Gasteiger partial charge in [-0.1, -0.05) is 0 Å². The normalized spacial score (nSPS) is 7.92. The first-order valence-electron chi connectivity index (χ1n) is 2.29. The number of carboxylic acids is 1. The number of hydrogen-bond acceptors (Lipinski definition) is 6. The molecule has 0 rings (SSSR count). The molecule has 0 aliphatic heterocycles. The predicted octanol–water partition coefficient (Wildman–Crippen LogP) is -7.93.